The maximum absolute atomic E-state index is 5.03. The molecule has 0 spiro atoms. The molecule has 1 N–H and O–H groups in total. The number of hydrogen-bond donors (Lipinski definition) is 1. The van der Waals surface area contributed by atoms with Gasteiger partial charge in [0.15, 0.2) is 5.84 Å². The molecule has 8 rings (SSSR count). The first kappa shape index (κ1) is 29.1. The fourth-order valence-corrected chi connectivity index (χ4v) is 6.23. The van der Waals surface area contributed by atoms with Gasteiger partial charge < -0.3 is 5.32 Å². The van der Waals surface area contributed by atoms with Crippen molar-refractivity contribution in [3.8, 4) is 44.5 Å². The van der Waals surface area contributed by atoms with E-state index < -0.39 is 0 Å². The van der Waals surface area contributed by atoms with Crippen molar-refractivity contribution in [1.82, 2.24) is 5.32 Å². The van der Waals surface area contributed by atoms with Gasteiger partial charge in [-0.05, 0) is 80.4 Å². The van der Waals surface area contributed by atoms with Crippen LogP contribution in [0.1, 0.15) is 22.9 Å². The summed E-state index contributed by atoms with van der Waals surface area (Å²) in [5.74, 6) is 1.52. The van der Waals surface area contributed by atoms with E-state index in [1.54, 1.807) is 0 Å². The predicted octanol–water partition coefficient (Wildman–Crippen LogP) is 10.8. The molecule has 0 fully saturated rings. The van der Waals surface area contributed by atoms with Gasteiger partial charge in [0.2, 0.25) is 0 Å². The molecule has 48 heavy (non-hydrogen) atoms. The van der Waals surface area contributed by atoms with E-state index in [0.29, 0.717) is 0 Å². The number of hydrogen-bond acceptors (Lipinski definition) is 3. The highest BCUT2D eigenvalue weighted by Crippen LogP contribution is 2.35. The second kappa shape index (κ2) is 13.2. The van der Waals surface area contributed by atoms with Gasteiger partial charge in [-0.15, -0.1) is 0 Å². The van der Waals surface area contributed by atoms with Crippen molar-refractivity contribution >= 4 is 11.7 Å². The second-order valence-electron chi connectivity index (χ2n) is 11.9. The summed E-state index contributed by atoms with van der Waals surface area (Å²) in [6.07, 6.45) is -0.239. The van der Waals surface area contributed by atoms with Crippen LogP contribution in [-0.4, -0.2) is 11.7 Å². The van der Waals surface area contributed by atoms with Crippen LogP contribution in [0.3, 0.4) is 0 Å². The summed E-state index contributed by atoms with van der Waals surface area (Å²) in [4.78, 5) is 10.0. The SMILES string of the molecule is c1ccc(C2=NC(c3ccccc3)NC(c3cccc(-c4cccc(-c5cc(-c6ccccc6)cc(-c6ccccc6)c5)c4)c3)=N2)cc1. The summed E-state index contributed by atoms with van der Waals surface area (Å²) in [7, 11) is 0. The van der Waals surface area contributed by atoms with Crippen LogP contribution >= 0.6 is 0 Å². The van der Waals surface area contributed by atoms with Gasteiger partial charge in [0, 0.05) is 11.1 Å². The number of nitrogens with zero attached hydrogens (tertiary/aromatic N) is 2. The fourth-order valence-electron chi connectivity index (χ4n) is 6.23. The molecule has 1 heterocycles. The van der Waals surface area contributed by atoms with Gasteiger partial charge in [-0.1, -0.05) is 158 Å². The zero-order valence-corrected chi connectivity index (χ0v) is 26.4. The lowest BCUT2D eigenvalue weighted by Gasteiger charge is -2.24. The van der Waals surface area contributed by atoms with E-state index in [2.05, 4.69) is 157 Å². The van der Waals surface area contributed by atoms with Gasteiger partial charge >= 0.3 is 0 Å². The number of aliphatic imine (C=N–C) groups is 2. The fraction of sp³-hybridized carbons (Fsp3) is 0.0222. The number of benzene rings is 7. The molecule has 0 saturated carbocycles. The molecule has 7 aromatic carbocycles. The lowest BCUT2D eigenvalue weighted by Crippen LogP contribution is -2.33. The normalized spacial score (nSPS) is 14.0. The monoisotopic (exact) mass is 615 g/mol. The first-order valence-corrected chi connectivity index (χ1v) is 16.3. The van der Waals surface area contributed by atoms with Crippen molar-refractivity contribution in [2.24, 2.45) is 9.98 Å². The van der Waals surface area contributed by atoms with E-state index >= 15 is 0 Å². The Morgan fingerprint density at radius 1 is 0.333 bits per heavy atom. The summed E-state index contributed by atoms with van der Waals surface area (Å²) in [6, 6.07) is 66.0. The summed E-state index contributed by atoms with van der Waals surface area (Å²) >= 11 is 0. The standard InChI is InChI=1S/C45H33N3/c1-5-15-32(16-6-1)40-29-41(33-17-7-2-8-18-33)31-42(30-40)38-25-13-23-36(27-38)37-24-14-26-39(28-37)45-47-43(34-19-9-3-10-20-34)46-44(48-45)35-21-11-4-12-22-35/h1-31,43H,(H,46,47,48). The molecule has 228 valence electrons. The maximum Gasteiger partial charge on any atom is 0.159 e. The Balaban J connectivity index is 1.17. The van der Waals surface area contributed by atoms with Crippen LogP contribution in [0.5, 0.6) is 0 Å². The molecule has 1 aliphatic rings. The van der Waals surface area contributed by atoms with Crippen molar-refractivity contribution in [2.45, 2.75) is 6.17 Å². The van der Waals surface area contributed by atoms with Crippen LogP contribution in [0, 0.1) is 0 Å². The highest BCUT2D eigenvalue weighted by molar-refractivity contribution is 6.13. The van der Waals surface area contributed by atoms with Crippen LogP contribution in [0.25, 0.3) is 44.5 Å². The maximum atomic E-state index is 5.03. The minimum Gasteiger partial charge on any atom is -0.344 e. The van der Waals surface area contributed by atoms with Crippen molar-refractivity contribution in [3.63, 3.8) is 0 Å². The highest BCUT2D eigenvalue weighted by atomic mass is 15.2. The molecule has 1 unspecified atom stereocenters. The molecule has 3 heteroatoms. The number of nitrogens with one attached hydrogen (secondary N) is 1. The molecular weight excluding hydrogens is 583 g/mol. The van der Waals surface area contributed by atoms with Crippen molar-refractivity contribution < 1.29 is 0 Å². The summed E-state index contributed by atoms with van der Waals surface area (Å²) in [6.45, 7) is 0. The minimum absolute atomic E-state index is 0.239. The lowest BCUT2D eigenvalue weighted by atomic mass is 9.92. The summed E-state index contributed by atoms with van der Waals surface area (Å²) < 4.78 is 0. The number of amidine groups is 2. The average Bonchev–Trinajstić information content (AvgIpc) is 3.19. The predicted molar refractivity (Wildman–Crippen MR) is 200 cm³/mol. The van der Waals surface area contributed by atoms with Gasteiger partial charge in [0.05, 0.1) is 0 Å². The van der Waals surface area contributed by atoms with E-state index in [9.17, 15) is 0 Å². The van der Waals surface area contributed by atoms with Gasteiger partial charge in [0.25, 0.3) is 0 Å². The van der Waals surface area contributed by atoms with Crippen LogP contribution < -0.4 is 5.32 Å². The van der Waals surface area contributed by atoms with Gasteiger partial charge in [0.1, 0.15) is 12.0 Å². The number of rotatable bonds is 7. The van der Waals surface area contributed by atoms with E-state index in [1.165, 1.54) is 33.4 Å². The van der Waals surface area contributed by atoms with Crippen LogP contribution in [0.15, 0.2) is 198 Å². The quantitative estimate of drug-likeness (QED) is 0.190. The third kappa shape index (κ3) is 6.22. The first-order valence-electron chi connectivity index (χ1n) is 16.3. The van der Waals surface area contributed by atoms with Gasteiger partial charge in [-0.25, -0.2) is 9.98 Å². The first-order chi connectivity index (χ1) is 23.8. The highest BCUT2D eigenvalue weighted by Gasteiger charge is 2.21. The Morgan fingerprint density at radius 2 is 0.708 bits per heavy atom. The van der Waals surface area contributed by atoms with E-state index in [1.807, 2.05) is 36.4 Å². The Morgan fingerprint density at radius 3 is 1.25 bits per heavy atom. The molecule has 0 radical (unpaired) electrons. The Bertz CT molecular complexity index is 2180. The molecule has 3 nitrogen and oxygen atoms in total. The topological polar surface area (TPSA) is 36.8 Å². The van der Waals surface area contributed by atoms with Crippen LogP contribution in [0.2, 0.25) is 0 Å². The third-order valence-corrected chi connectivity index (χ3v) is 8.70. The molecule has 0 bridgehead atoms. The molecule has 0 saturated heterocycles. The zero-order valence-electron chi connectivity index (χ0n) is 26.4. The Kier molecular flexibility index (Phi) is 8.00. The molecule has 7 aromatic rings. The van der Waals surface area contributed by atoms with Crippen molar-refractivity contribution in [1.29, 1.82) is 0 Å². The summed E-state index contributed by atoms with van der Waals surface area (Å²) in [5, 5.41) is 3.61. The molecule has 1 atom stereocenters. The average molecular weight is 616 g/mol. The van der Waals surface area contributed by atoms with Crippen LogP contribution in [0.4, 0.5) is 0 Å². The zero-order chi connectivity index (χ0) is 32.1. The molecule has 0 aromatic heterocycles. The largest absolute Gasteiger partial charge is 0.344 e. The Labute approximate surface area is 281 Å². The van der Waals surface area contributed by atoms with E-state index in [4.69, 9.17) is 9.98 Å². The van der Waals surface area contributed by atoms with Crippen LogP contribution in [-0.2, 0) is 0 Å². The molecular formula is C45H33N3. The third-order valence-electron chi connectivity index (χ3n) is 8.70. The molecule has 0 aliphatic carbocycles. The van der Waals surface area contributed by atoms with Gasteiger partial charge in [-0.3, -0.25) is 0 Å². The second-order valence-corrected chi connectivity index (χ2v) is 11.9. The van der Waals surface area contributed by atoms with Crippen molar-refractivity contribution in [2.75, 3.05) is 0 Å². The van der Waals surface area contributed by atoms with E-state index in [-0.39, 0.29) is 6.17 Å². The van der Waals surface area contributed by atoms with E-state index in [0.717, 1.165) is 39.5 Å². The molecule has 0 amide bonds. The van der Waals surface area contributed by atoms with Gasteiger partial charge in [-0.2, -0.15) is 0 Å². The summed E-state index contributed by atoms with van der Waals surface area (Å²) in [5.41, 5.74) is 12.5. The van der Waals surface area contributed by atoms with Crippen molar-refractivity contribution in [3.05, 3.63) is 205 Å². The minimum atomic E-state index is -0.239. The molecule has 1 aliphatic heterocycles. The lowest BCUT2D eigenvalue weighted by molar-refractivity contribution is 0.674. The smallest absolute Gasteiger partial charge is 0.159 e. The Hall–Kier alpha value is -6.32.